The van der Waals surface area contributed by atoms with E-state index in [9.17, 15) is 4.79 Å². The highest BCUT2D eigenvalue weighted by Crippen LogP contribution is 2.22. The van der Waals surface area contributed by atoms with Crippen LogP contribution in [0.25, 0.3) is 5.69 Å². The second-order valence-corrected chi connectivity index (χ2v) is 5.39. The zero-order valence-corrected chi connectivity index (χ0v) is 13.2. The Morgan fingerprint density at radius 1 is 1.30 bits per heavy atom. The number of carbonyl (C=O) groups excluding carboxylic acids is 1. The lowest BCUT2D eigenvalue weighted by Crippen LogP contribution is -2.08. The normalized spacial score (nSPS) is 10.5. The highest BCUT2D eigenvalue weighted by Gasteiger charge is 2.20. The predicted octanol–water partition coefficient (Wildman–Crippen LogP) is 2.48. The van der Waals surface area contributed by atoms with Crippen LogP contribution in [0.3, 0.4) is 0 Å². The fourth-order valence-corrected chi connectivity index (χ4v) is 2.32. The molecular weight excluding hydrogens is 316 g/mol. The monoisotopic (exact) mass is 330 g/mol. The van der Waals surface area contributed by atoms with Crippen LogP contribution in [-0.2, 0) is 11.3 Å². The average molecular weight is 330 g/mol. The molecule has 23 heavy (non-hydrogen) atoms. The molecule has 0 bridgehead atoms. The van der Waals surface area contributed by atoms with Crippen LogP contribution in [0.5, 0.6) is 5.75 Å². The zero-order valence-electron chi connectivity index (χ0n) is 12.4. The molecule has 0 aliphatic heterocycles. The largest absolute Gasteiger partial charge is 0.484 e. The van der Waals surface area contributed by atoms with Crippen LogP contribution in [-0.4, -0.2) is 31.9 Å². The van der Waals surface area contributed by atoms with Crippen molar-refractivity contribution < 1.29 is 14.3 Å². The number of para-hydroxylation sites is 1. The van der Waals surface area contributed by atoms with Gasteiger partial charge in [-0.25, -0.2) is 9.48 Å². The number of hydrogen-bond donors (Lipinski definition) is 0. The van der Waals surface area contributed by atoms with Crippen molar-refractivity contribution in [3.05, 3.63) is 53.3 Å². The summed E-state index contributed by atoms with van der Waals surface area (Å²) in [5, 5.41) is 8.04. The Morgan fingerprint density at radius 2 is 2.13 bits per heavy atom. The topological polar surface area (TPSA) is 79.1 Å². The molecule has 8 heteroatoms. The highest BCUT2D eigenvalue weighted by atomic mass is 32.1. The Labute approximate surface area is 136 Å². The number of ether oxygens (including phenoxy) is 2. The van der Waals surface area contributed by atoms with Crippen LogP contribution in [0, 0.1) is 0 Å². The fraction of sp³-hybridized carbons (Fsp3) is 0.200. The van der Waals surface area contributed by atoms with E-state index < -0.39 is 5.97 Å². The molecule has 0 spiro atoms. The van der Waals surface area contributed by atoms with Gasteiger partial charge in [-0.05, 0) is 30.6 Å². The van der Waals surface area contributed by atoms with E-state index in [1.165, 1.54) is 11.5 Å². The summed E-state index contributed by atoms with van der Waals surface area (Å²) in [6, 6.07) is 9.47. The average Bonchev–Trinajstić information content (AvgIpc) is 3.23. The SMILES string of the molecule is CCOC(=O)c1nn(-c2ccccc2)cc1OCc1cnns1. The number of esters is 1. The summed E-state index contributed by atoms with van der Waals surface area (Å²) in [4.78, 5) is 12.9. The van der Waals surface area contributed by atoms with Crippen LogP contribution < -0.4 is 4.74 Å². The third kappa shape index (κ3) is 3.54. The molecule has 0 fully saturated rings. The van der Waals surface area contributed by atoms with E-state index in [1.807, 2.05) is 30.3 Å². The molecule has 1 aromatic carbocycles. The smallest absolute Gasteiger partial charge is 0.362 e. The fourth-order valence-electron chi connectivity index (χ4n) is 1.92. The maximum atomic E-state index is 12.1. The van der Waals surface area contributed by atoms with Crippen molar-refractivity contribution >= 4 is 17.5 Å². The van der Waals surface area contributed by atoms with Gasteiger partial charge < -0.3 is 9.47 Å². The first-order chi connectivity index (χ1) is 11.3. The molecule has 0 saturated carbocycles. The Morgan fingerprint density at radius 3 is 2.83 bits per heavy atom. The van der Waals surface area contributed by atoms with Crippen molar-refractivity contribution in [2.45, 2.75) is 13.5 Å². The van der Waals surface area contributed by atoms with E-state index in [2.05, 4.69) is 14.7 Å². The Hall–Kier alpha value is -2.74. The Kier molecular flexibility index (Phi) is 4.62. The van der Waals surface area contributed by atoms with Crippen LogP contribution >= 0.6 is 11.5 Å². The minimum Gasteiger partial charge on any atom is -0.484 e. The first-order valence-corrected chi connectivity index (χ1v) is 7.76. The summed E-state index contributed by atoms with van der Waals surface area (Å²) in [6.45, 7) is 2.29. The van der Waals surface area contributed by atoms with Gasteiger partial charge in [0.05, 0.1) is 29.6 Å². The van der Waals surface area contributed by atoms with Gasteiger partial charge in [0.25, 0.3) is 0 Å². The van der Waals surface area contributed by atoms with Crippen molar-refractivity contribution in [2.75, 3.05) is 6.61 Å². The van der Waals surface area contributed by atoms with Crippen molar-refractivity contribution in [1.82, 2.24) is 19.4 Å². The number of hydrogen-bond acceptors (Lipinski definition) is 7. The Bertz CT molecular complexity index is 771. The summed E-state index contributed by atoms with van der Waals surface area (Å²) < 4.78 is 16.1. The zero-order chi connectivity index (χ0) is 16.1. The third-order valence-electron chi connectivity index (χ3n) is 2.95. The van der Waals surface area contributed by atoms with Gasteiger partial charge >= 0.3 is 5.97 Å². The van der Waals surface area contributed by atoms with E-state index >= 15 is 0 Å². The predicted molar refractivity (Wildman–Crippen MR) is 83.8 cm³/mol. The molecule has 7 nitrogen and oxygen atoms in total. The van der Waals surface area contributed by atoms with Gasteiger partial charge in [-0.1, -0.05) is 22.7 Å². The standard InChI is InChI=1S/C15H14N4O3S/c1-2-21-15(20)14-13(22-10-12-8-16-18-23-12)9-19(17-14)11-6-4-3-5-7-11/h3-9H,2,10H2,1H3. The van der Waals surface area contributed by atoms with Gasteiger partial charge in [0.2, 0.25) is 5.69 Å². The minimum atomic E-state index is -0.514. The van der Waals surface area contributed by atoms with Crippen LogP contribution in [0.1, 0.15) is 22.3 Å². The van der Waals surface area contributed by atoms with Gasteiger partial charge in [0, 0.05) is 0 Å². The maximum absolute atomic E-state index is 12.1. The second-order valence-electron chi connectivity index (χ2n) is 4.52. The van der Waals surface area contributed by atoms with Crippen molar-refractivity contribution in [3.8, 4) is 11.4 Å². The molecule has 2 aromatic heterocycles. The molecule has 0 atom stereocenters. The van der Waals surface area contributed by atoms with Crippen LogP contribution in [0.4, 0.5) is 0 Å². The summed E-state index contributed by atoms with van der Waals surface area (Å²) in [5.41, 5.74) is 0.973. The molecule has 0 amide bonds. The second kappa shape index (κ2) is 7.01. The van der Waals surface area contributed by atoms with Gasteiger partial charge in [0.1, 0.15) is 6.61 Å². The molecule has 0 saturated heterocycles. The first-order valence-electron chi connectivity index (χ1n) is 6.99. The number of benzene rings is 1. The molecule has 3 rings (SSSR count). The third-order valence-corrected chi connectivity index (χ3v) is 3.58. The minimum absolute atomic E-state index is 0.146. The van der Waals surface area contributed by atoms with E-state index in [-0.39, 0.29) is 18.9 Å². The summed E-state index contributed by atoms with van der Waals surface area (Å²) >= 11 is 1.24. The summed E-state index contributed by atoms with van der Waals surface area (Å²) in [7, 11) is 0. The number of carbonyl (C=O) groups is 1. The van der Waals surface area contributed by atoms with E-state index in [0.29, 0.717) is 5.75 Å². The quantitative estimate of drug-likeness (QED) is 0.646. The maximum Gasteiger partial charge on any atom is 0.362 e. The van der Waals surface area contributed by atoms with E-state index in [4.69, 9.17) is 9.47 Å². The molecule has 118 valence electrons. The van der Waals surface area contributed by atoms with Gasteiger partial charge in [-0.3, -0.25) is 0 Å². The van der Waals surface area contributed by atoms with E-state index in [1.54, 1.807) is 24.0 Å². The van der Waals surface area contributed by atoms with E-state index in [0.717, 1.165) is 10.6 Å². The van der Waals surface area contributed by atoms with Crippen LogP contribution in [0.15, 0.2) is 42.7 Å². The number of nitrogens with zero attached hydrogens (tertiary/aromatic N) is 4. The molecular formula is C15H14N4O3S. The lowest BCUT2D eigenvalue weighted by molar-refractivity contribution is 0.0514. The van der Waals surface area contributed by atoms with Crippen molar-refractivity contribution in [2.24, 2.45) is 0 Å². The Balaban J connectivity index is 1.88. The molecule has 0 aliphatic carbocycles. The lowest BCUT2D eigenvalue weighted by Gasteiger charge is -2.03. The van der Waals surface area contributed by atoms with Crippen molar-refractivity contribution in [1.29, 1.82) is 0 Å². The van der Waals surface area contributed by atoms with Gasteiger partial charge in [-0.15, -0.1) is 5.10 Å². The highest BCUT2D eigenvalue weighted by molar-refractivity contribution is 7.05. The molecule has 0 N–H and O–H groups in total. The molecule has 3 aromatic rings. The van der Waals surface area contributed by atoms with Gasteiger partial charge in [0.15, 0.2) is 5.75 Å². The van der Waals surface area contributed by atoms with Crippen LogP contribution in [0.2, 0.25) is 0 Å². The molecule has 0 aliphatic rings. The molecule has 0 radical (unpaired) electrons. The number of rotatable bonds is 6. The van der Waals surface area contributed by atoms with Gasteiger partial charge in [-0.2, -0.15) is 5.10 Å². The summed E-state index contributed by atoms with van der Waals surface area (Å²) in [5.74, 6) is -0.152. The summed E-state index contributed by atoms with van der Waals surface area (Å²) in [6.07, 6.45) is 3.28. The molecule has 2 heterocycles. The number of aromatic nitrogens is 4. The lowest BCUT2D eigenvalue weighted by atomic mass is 10.3. The molecule has 0 unspecified atom stereocenters. The van der Waals surface area contributed by atoms with Crippen molar-refractivity contribution in [3.63, 3.8) is 0 Å². The first kappa shape index (κ1) is 15.2.